The van der Waals surface area contributed by atoms with Crippen LogP contribution in [0.15, 0.2) is 35.0 Å². The zero-order chi connectivity index (χ0) is 75.4. The minimum Gasteiger partial charge on any atom is -0.508 e. The maximum atomic E-state index is 14.8. The number of nitrogens with zero attached hydrogens (tertiary/aromatic N) is 6. The van der Waals surface area contributed by atoms with Crippen molar-refractivity contribution in [1.29, 1.82) is 0 Å². The Kier molecular flexibility index (Phi) is 36.7. The molecule has 2 aliphatic rings. The molecule has 101 heavy (non-hydrogen) atoms. The second kappa shape index (κ2) is 43.0. The number of piperidine rings is 2. The van der Waals surface area contributed by atoms with E-state index in [-0.39, 0.29) is 135 Å². The molecule has 2 fully saturated rings. The highest BCUT2D eigenvalue weighted by Gasteiger charge is 2.42. The number of hydrogen-bond acceptors (Lipinski definition) is 22. The number of Topliss-reactive ketones (excluding diaryl/α,β-unsaturated/α-hetero) is 2. The average molecular weight is 1450 g/mol. The van der Waals surface area contributed by atoms with Gasteiger partial charge in [-0.2, -0.15) is 0 Å². The fourth-order valence-corrected chi connectivity index (χ4v) is 14.6. The molecular weight excluding hydrogens is 1340 g/mol. The number of ketones is 2. The molecule has 2 saturated heterocycles. The molecule has 4 N–H and O–H groups in total. The van der Waals surface area contributed by atoms with Gasteiger partial charge < -0.3 is 49.4 Å². The number of rotatable bonds is 40. The Morgan fingerprint density at radius 2 is 1.02 bits per heavy atom. The average Bonchev–Trinajstić information content (AvgIpc) is 1.71. The lowest BCUT2D eigenvalue weighted by atomic mass is 9.82. The van der Waals surface area contributed by atoms with Crippen molar-refractivity contribution in [3.63, 3.8) is 0 Å². The van der Waals surface area contributed by atoms with Crippen molar-refractivity contribution in [2.45, 2.75) is 248 Å². The summed E-state index contributed by atoms with van der Waals surface area (Å²) in [4.78, 5) is 159. The Labute approximate surface area is 604 Å². The van der Waals surface area contributed by atoms with Crippen LogP contribution in [-0.2, 0) is 68.5 Å². The van der Waals surface area contributed by atoms with Crippen molar-refractivity contribution >= 4 is 87.8 Å². The molecule has 25 nitrogen and oxygen atoms in total. The van der Waals surface area contributed by atoms with Crippen LogP contribution in [-0.4, -0.2) is 181 Å². The van der Waals surface area contributed by atoms with E-state index in [1.54, 1.807) is 19.1 Å². The number of carbonyl (C=O) groups excluding carboxylic acids is 9. The molecule has 12 atom stereocenters. The van der Waals surface area contributed by atoms with E-state index in [2.05, 4.69) is 25.1 Å². The Morgan fingerprint density at radius 1 is 0.604 bits per heavy atom. The van der Waals surface area contributed by atoms with Crippen LogP contribution in [0.3, 0.4) is 0 Å². The molecule has 0 spiro atoms. The van der Waals surface area contributed by atoms with Gasteiger partial charge in [0.1, 0.15) is 21.5 Å². The number of nitrogens with one attached hydrogen (secondary N) is 1. The number of ether oxygens (including phenoxy) is 4. The summed E-state index contributed by atoms with van der Waals surface area (Å²) in [5.41, 5.74) is 0.666. The minimum atomic E-state index is -1.20. The van der Waals surface area contributed by atoms with Gasteiger partial charge in [-0.25, -0.2) is 14.8 Å². The van der Waals surface area contributed by atoms with E-state index in [0.717, 1.165) is 79.9 Å². The highest BCUT2D eigenvalue weighted by molar-refractivity contribution is 7.10. The highest BCUT2D eigenvalue weighted by atomic mass is 32.1. The first-order chi connectivity index (χ1) is 47.7. The van der Waals surface area contributed by atoms with Crippen molar-refractivity contribution in [3.8, 4) is 5.75 Å². The quantitative estimate of drug-likeness (QED) is 0.0233. The summed E-state index contributed by atoms with van der Waals surface area (Å²) in [6.45, 7) is 24.3. The first kappa shape index (κ1) is 86.2. The maximum absolute atomic E-state index is 14.8. The number of likely N-dealkylation sites (tertiary alicyclic amines) is 2. The normalized spacial score (nSPS) is 18.0. The predicted octanol–water partition coefficient (Wildman–Crippen LogP) is 11.7. The number of carbonyl (C=O) groups is 11. The van der Waals surface area contributed by atoms with Crippen LogP contribution < -0.4 is 5.32 Å². The molecule has 2 aromatic heterocycles. The van der Waals surface area contributed by atoms with Gasteiger partial charge in [0.2, 0.25) is 11.8 Å². The molecule has 27 heteroatoms. The molecule has 5 rings (SSSR count). The number of aromatic nitrogens is 2. The summed E-state index contributed by atoms with van der Waals surface area (Å²) < 4.78 is 22.7. The topological polar surface area (TPSA) is 336 Å². The standard InChI is InChI=1S/C43H64N4O10S.C31H49N3O8S/c1-9-13-39(51)56-25-47(42(53)33(27(5)10-2)22-37(50)35-14-11-12-19-46(35)8)36(26(3)4)23-38(57-29(7)48)41-45-34(24-58-41)40(52)44-31(20-28(6)43(54)55)21-30-15-17-32(49)18-16-30;1-8-12-28(37)41-18-34(30(38)22(20(5)9-2)15-26(36)24-13-10-11-14-33(24)7)25(19(3)4)16-27(42-21(6)35)29-32-23(17-43-29)31(39)40/h15-18,24,26-28,31,33,35-36,38,49H,9-14,19-23,25H2,1-8H3,(H,44,52)(H,54,55);17,19-20,22,24-25,27H,8-16,18H2,1-7H3,(H,39,40)/t27-,28-,31+,33-,35+,36+,38+;20-,22-,24+,25+,27+/m00/s1. The molecule has 0 radical (unpaired) electrons. The Bertz CT molecular complexity index is 3190. The molecule has 0 unspecified atom stereocenters. The van der Waals surface area contributed by atoms with E-state index in [4.69, 9.17) is 18.9 Å². The van der Waals surface area contributed by atoms with E-state index in [1.807, 2.05) is 83.3 Å². The number of aromatic carboxylic acids is 1. The molecule has 0 saturated carbocycles. The van der Waals surface area contributed by atoms with Crippen molar-refractivity contribution < 1.29 is 87.0 Å². The van der Waals surface area contributed by atoms with Crippen LogP contribution in [0.4, 0.5) is 0 Å². The largest absolute Gasteiger partial charge is 0.508 e. The fourth-order valence-electron chi connectivity index (χ4n) is 12.9. The first-order valence-corrected chi connectivity index (χ1v) is 37.7. The predicted molar refractivity (Wildman–Crippen MR) is 382 cm³/mol. The van der Waals surface area contributed by atoms with Gasteiger partial charge in [0, 0.05) is 93.1 Å². The molecule has 1 aromatic carbocycles. The summed E-state index contributed by atoms with van der Waals surface area (Å²) in [6.07, 6.45) is 7.12. The van der Waals surface area contributed by atoms with Gasteiger partial charge in [-0.1, -0.05) is 114 Å². The van der Waals surface area contributed by atoms with Gasteiger partial charge >= 0.3 is 35.8 Å². The molecule has 3 aromatic rings. The molecule has 0 bridgehead atoms. The second-order valence-corrected chi connectivity index (χ2v) is 29.7. The number of phenols is 1. The van der Waals surface area contributed by atoms with Crippen LogP contribution in [0.2, 0.25) is 0 Å². The van der Waals surface area contributed by atoms with E-state index < -0.39 is 89.8 Å². The van der Waals surface area contributed by atoms with E-state index >= 15 is 0 Å². The lowest BCUT2D eigenvalue weighted by Crippen LogP contribution is -2.50. The minimum absolute atomic E-state index is 0.0129. The van der Waals surface area contributed by atoms with Gasteiger partial charge in [-0.15, -0.1) is 22.7 Å². The Hall–Kier alpha value is -7.23. The van der Waals surface area contributed by atoms with Crippen molar-refractivity contribution in [3.05, 3.63) is 62.0 Å². The molecule has 2 aliphatic heterocycles. The number of aliphatic carboxylic acids is 1. The lowest BCUT2D eigenvalue weighted by molar-refractivity contribution is -0.163. The molecule has 564 valence electrons. The smallest absolute Gasteiger partial charge is 0.355 e. The zero-order valence-corrected chi connectivity index (χ0v) is 63.7. The van der Waals surface area contributed by atoms with Crippen molar-refractivity contribution in [1.82, 2.24) is 34.9 Å². The third-order valence-electron chi connectivity index (χ3n) is 19.4. The van der Waals surface area contributed by atoms with Gasteiger partial charge in [-0.3, -0.25) is 57.7 Å². The highest BCUT2D eigenvalue weighted by Crippen LogP contribution is 2.37. The first-order valence-electron chi connectivity index (χ1n) is 35.9. The summed E-state index contributed by atoms with van der Waals surface area (Å²) >= 11 is 2.17. The molecule has 0 aliphatic carbocycles. The molecule has 3 amide bonds. The SMILES string of the molecule is CCCC(=O)OCN(C(=O)[C@@H](CC(=O)[C@H]1CCCCN1C)[C@@H](C)CC)[C@H](C[C@@H](OC(C)=O)c1nc(C(=O)N[C@@H](Cc2ccc(O)cc2)C[C@H](C)C(=O)O)cs1)C(C)C.CCCC(=O)OCN(C(=O)[C@@H](CC(=O)[C@H]1CCCCN1C)[C@@H](C)CC)[C@H](C[C@@H](OC(C)=O)c1nc(C(=O)O)cs1)C(C)C. The number of esters is 4. The second-order valence-electron chi connectivity index (χ2n) is 28.0. The zero-order valence-electron chi connectivity index (χ0n) is 62.1. The van der Waals surface area contributed by atoms with Crippen molar-refractivity contribution in [2.75, 3.05) is 40.6 Å². The van der Waals surface area contributed by atoms with Crippen LogP contribution in [0.1, 0.15) is 248 Å². The number of amides is 3. The number of benzene rings is 1. The summed E-state index contributed by atoms with van der Waals surface area (Å²) in [6, 6.07) is 4.14. The summed E-state index contributed by atoms with van der Waals surface area (Å²) in [5, 5.41) is 35.1. The molecule has 4 heterocycles. The number of thiazole rings is 2. The number of carboxylic acid groups (broad SMARTS) is 2. The van der Waals surface area contributed by atoms with Gasteiger partial charge in [-0.05, 0) is 120 Å². The third-order valence-corrected chi connectivity index (χ3v) is 21.2. The monoisotopic (exact) mass is 1450 g/mol. The number of aromatic hydroxyl groups is 1. The lowest BCUT2D eigenvalue weighted by Gasteiger charge is -2.39. The van der Waals surface area contributed by atoms with E-state index in [9.17, 15) is 68.1 Å². The number of hydrogen-bond donors (Lipinski definition) is 4. The van der Waals surface area contributed by atoms with Crippen LogP contribution in [0, 0.1) is 41.4 Å². The van der Waals surface area contributed by atoms with Crippen LogP contribution in [0.25, 0.3) is 0 Å². The Balaban J connectivity index is 0.000000448. The Morgan fingerprint density at radius 3 is 1.38 bits per heavy atom. The van der Waals surface area contributed by atoms with Crippen molar-refractivity contribution in [2.24, 2.45) is 41.4 Å². The van der Waals surface area contributed by atoms with Gasteiger partial charge in [0.05, 0.1) is 18.0 Å². The molecular formula is C74H113N7O18S2. The van der Waals surface area contributed by atoms with Crippen LogP contribution in [0.5, 0.6) is 5.75 Å². The number of likely N-dealkylation sites (N-methyl/N-ethyl adjacent to an activating group) is 2. The van der Waals surface area contributed by atoms with E-state index in [1.165, 1.54) is 46.5 Å². The number of phenolic OH excluding ortho intramolecular Hbond substituents is 1. The van der Waals surface area contributed by atoms with E-state index in [0.29, 0.717) is 42.1 Å². The van der Waals surface area contributed by atoms with Crippen LogP contribution >= 0.6 is 22.7 Å². The number of carboxylic acids is 2. The summed E-state index contributed by atoms with van der Waals surface area (Å²) in [7, 11) is 3.88. The summed E-state index contributed by atoms with van der Waals surface area (Å²) in [5.74, 6) is -8.07. The maximum Gasteiger partial charge on any atom is 0.355 e. The van der Waals surface area contributed by atoms with Gasteiger partial charge in [0.15, 0.2) is 42.9 Å². The fraction of sp³-hybridized carbons (Fsp3) is 0.689. The third kappa shape index (κ3) is 27.5. The van der Waals surface area contributed by atoms with Gasteiger partial charge in [0.25, 0.3) is 5.91 Å².